The molecule has 4 heteroatoms. The van der Waals surface area contributed by atoms with Gasteiger partial charge in [-0.15, -0.1) is 0 Å². The van der Waals surface area contributed by atoms with E-state index in [0.29, 0.717) is 24.6 Å². The molecule has 0 aromatic heterocycles. The van der Waals surface area contributed by atoms with E-state index in [-0.39, 0.29) is 11.2 Å². The molecule has 1 rings (SSSR count). The van der Waals surface area contributed by atoms with Crippen molar-refractivity contribution in [2.24, 2.45) is 0 Å². The molecule has 0 aromatic rings. The summed E-state index contributed by atoms with van der Waals surface area (Å²) in [5.41, 5.74) is 0. The molecule has 86 valence electrons. The predicted molar refractivity (Wildman–Crippen MR) is 61.0 cm³/mol. The summed E-state index contributed by atoms with van der Waals surface area (Å²) in [4.78, 5) is 22.5. The van der Waals surface area contributed by atoms with E-state index in [9.17, 15) is 9.59 Å². The predicted octanol–water partition coefficient (Wildman–Crippen LogP) is 2.18. The zero-order valence-electron chi connectivity index (χ0n) is 9.16. The van der Waals surface area contributed by atoms with E-state index in [2.05, 4.69) is 0 Å². The Bertz CT molecular complexity index is 228. The van der Waals surface area contributed by atoms with E-state index in [1.54, 1.807) is 18.7 Å². The molecule has 0 amide bonds. The molecule has 1 unspecified atom stereocenters. The highest BCUT2D eigenvalue weighted by molar-refractivity contribution is 8.00. The third-order valence-corrected chi connectivity index (χ3v) is 3.77. The second-order valence-electron chi connectivity index (χ2n) is 3.63. The molecule has 1 atom stereocenters. The minimum Gasteiger partial charge on any atom is -0.466 e. The lowest BCUT2D eigenvalue weighted by atomic mass is 9.99. The number of carbonyl (C=O) groups excluding carboxylic acids is 2. The first-order valence-electron chi connectivity index (χ1n) is 5.54. The van der Waals surface area contributed by atoms with Crippen LogP contribution in [0.3, 0.4) is 0 Å². The summed E-state index contributed by atoms with van der Waals surface area (Å²) in [5.74, 6) is 0.901. The van der Waals surface area contributed by atoms with Gasteiger partial charge in [0.2, 0.25) is 0 Å². The van der Waals surface area contributed by atoms with Crippen molar-refractivity contribution in [3.05, 3.63) is 0 Å². The Morgan fingerprint density at radius 2 is 2.33 bits per heavy atom. The van der Waals surface area contributed by atoms with Gasteiger partial charge in [0, 0.05) is 12.2 Å². The van der Waals surface area contributed by atoms with Crippen molar-refractivity contribution in [3.8, 4) is 0 Å². The number of carbonyl (C=O) groups is 2. The van der Waals surface area contributed by atoms with Crippen LogP contribution in [0.25, 0.3) is 0 Å². The number of Topliss-reactive ketones (excluding diaryl/α,β-unsaturated/α-hetero) is 1. The normalized spacial score (nSPS) is 21.4. The Labute approximate surface area is 94.9 Å². The van der Waals surface area contributed by atoms with Crippen molar-refractivity contribution in [2.75, 3.05) is 12.4 Å². The van der Waals surface area contributed by atoms with Gasteiger partial charge in [-0.25, -0.2) is 0 Å². The molecule has 0 N–H and O–H groups in total. The second kappa shape index (κ2) is 6.88. The van der Waals surface area contributed by atoms with E-state index >= 15 is 0 Å². The maximum absolute atomic E-state index is 11.5. The van der Waals surface area contributed by atoms with Crippen LogP contribution in [0.4, 0.5) is 0 Å². The summed E-state index contributed by atoms with van der Waals surface area (Å²) >= 11 is 1.61. The Morgan fingerprint density at radius 3 is 3.00 bits per heavy atom. The molecule has 0 heterocycles. The quantitative estimate of drug-likeness (QED) is 0.679. The number of esters is 1. The highest BCUT2D eigenvalue weighted by Crippen LogP contribution is 2.25. The van der Waals surface area contributed by atoms with Crippen LogP contribution in [0, 0.1) is 0 Å². The van der Waals surface area contributed by atoms with Crippen molar-refractivity contribution < 1.29 is 14.3 Å². The first kappa shape index (κ1) is 12.6. The van der Waals surface area contributed by atoms with Gasteiger partial charge >= 0.3 is 5.97 Å². The van der Waals surface area contributed by atoms with Crippen molar-refractivity contribution in [3.63, 3.8) is 0 Å². The first-order chi connectivity index (χ1) is 7.24. The van der Waals surface area contributed by atoms with Gasteiger partial charge in [0.15, 0.2) is 0 Å². The van der Waals surface area contributed by atoms with Crippen molar-refractivity contribution in [1.82, 2.24) is 0 Å². The number of rotatable bonds is 5. The van der Waals surface area contributed by atoms with E-state index in [0.717, 1.165) is 25.7 Å². The Balaban J connectivity index is 2.13. The summed E-state index contributed by atoms with van der Waals surface area (Å²) in [7, 11) is 0. The second-order valence-corrected chi connectivity index (χ2v) is 4.94. The molecule has 0 spiro atoms. The molecule has 1 aliphatic carbocycles. The molecular weight excluding hydrogens is 212 g/mol. The molecule has 1 fully saturated rings. The number of hydrogen-bond donors (Lipinski definition) is 0. The summed E-state index contributed by atoms with van der Waals surface area (Å²) in [6.07, 6.45) is 4.29. The van der Waals surface area contributed by atoms with Gasteiger partial charge in [-0.1, -0.05) is 6.42 Å². The lowest BCUT2D eigenvalue weighted by Crippen LogP contribution is -2.22. The van der Waals surface area contributed by atoms with Gasteiger partial charge in [0.1, 0.15) is 5.78 Å². The maximum atomic E-state index is 11.5. The fourth-order valence-electron chi connectivity index (χ4n) is 1.64. The Morgan fingerprint density at radius 1 is 1.53 bits per heavy atom. The van der Waals surface area contributed by atoms with Gasteiger partial charge in [0.05, 0.1) is 18.3 Å². The standard InChI is InChI=1S/C11H18O3S/c1-2-14-11(13)7-8-15-10-6-4-3-5-9(10)12/h10H,2-8H2,1H3. The number of thioether (sulfide) groups is 1. The van der Waals surface area contributed by atoms with Gasteiger partial charge in [-0.3, -0.25) is 9.59 Å². The molecule has 1 saturated carbocycles. The molecule has 3 nitrogen and oxygen atoms in total. The average Bonchev–Trinajstić information content (AvgIpc) is 2.21. The Hall–Kier alpha value is -0.510. The summed E-state index contributed by atoms with van der Waals surface area (Å²) in [6, 6.07) is 0. The average molecular weight is 230 g/mol. The Kier molecular flexibility index (Phi) is 5.76. The zero-order chi connectivity index (χ0) is 11.1. The lowest BCUT2D eigenvalue weighted by molar-refractivity contribution is -0.142. The van der Waals surface area contributed by atoms with E-state index in [1.807, 2.05) is 0 Å². The molecule has 0 aromatic carbocycles. The fraction of sp³-hybridized carbons (Fsp3) is 0.818. The third-order valence-electron chi connectivity index (χ3n) is 2.43. The summed E-state index contributed by atoms with van der Waals surface area (Å²) in [5, 5.41) is 0.133. The van der Waals surface area contributed by atoms with Gasteiger partial charge in [0.25, 0.3) is 0 Å². The number of ether oxygens (including phenoxy) is 1. The smallest absolute Gasteiger partial charge is 0.306 e. The van der Waals surface area contributed by atoms with Gasteiger partial charge < -0.3 is 4.74 Å². The first-order valence-corrected chi connectivity index (χ1v) is 6.59. The van der Waals surface area contributed by atoms with Gasteiger partial charge in [-0.05, 0) is 19.8 Å². The van der Waals surface area contributed by atoms with Crippen molar-refractivity contribution in [1.29, 1.82) is 0 Å². The molecule has 0 bridgehead atoms. The highest BCUT2D eigenvalue weighted by Gasteiger charge is 2.22. The van der Waals surface area contributed by atoms with Crippen molar-refractivity contribution in [2.45, 2.75) is 44.3 Å². The molecule has 1 aliphatic rings. The number of ketones is 1. The van der Waals surface area contributed by atoms with Crippen LogP contribution in [-0.2, 0) is 14.3 Å². The van der Waals surface area contributed by atoms with Crippen LogP contribution in [0.1, 0.15) is 39.0 Å². The van der Waals surface area contributed by atoms with Crippen LogP contribution in [0.2, 0.25) is 0 Å². The fourth-order valence-corrected chi connectivity index (χ4v) is 2.85. The molecule has 15 heavy (non-hydrogen) atoms. The van der Waals surface area contributed by atoms with Crippen LogP contribution >= 0.6 is 11.8 Å². The summed E-state index contributed by atoms with van der Waals surface area (Å²) in [6.45, 7) is 2.24. The minimum absolute atomic E-state index is 0.133. The van der Waals surface area contributed by atoms with Gasteiger partial charge in [-0.2, -0.15) is 11.8 Å². The lowest BCUT2D eigenvalue weighted by Gasteiger charge is -2.19. The van der Waals surface area contributed by atoms with Crippen LogP contribution < -0.4 is 0 Å². The van der Waals surface area contributed by atoms with Crippen LogP contribution in [0.15, 0.2) is 0 Å². The number of hydrogen-bond acceptors (Lipinski definition) is 4. The highest BCUT2D eigenvalue weighted by atomic mass is 32.2. The molecule has 0 radical (unpaired) electrons. The molecule has 0 aliphatic heterocycles. The minimum atomic E-state index is -0.159. The zero-order valence-corrected chi connectivity index (χ0v) is 9.98. The maximum Gasteiger partial charge on any atom is 0.306 e. The third kappa shape index (κ3) is 4.69. The van der Waals surface area contributed by atoms with E-state index < -0.39 is 0 Å². The van der Waals surface area contributed by atoms with Crippen LogP contribution in [0.5, 0.6) is 0 Å². The monoisotopic (exact) mass is 230 g/mol. The topological polar surface area (TPSA) is 43.4 Å². The van der Waals surface area contributed by atoms with E-state index in [1.165, 1.54) is 0 Å². The van der Waals surface area contributed by atoms with Crippen molar-refractivity contribution >= 4 is 23.5 Å². The van der Waals surface area contributed by atoms with Crippen LogP contribution in [-0.4, -0.2) is 29.4 Å². The SMILES string of the molecule is CCOC(=O)CCSC1CCCCC1=O. The summed E-state index contributed by atoms with van der Waals surface area (Å²) < 4.78 is 4.82. The van der Waals surface area contributed by atoms with E-state index in [4.69, 9.17) is 4.74 Å². The largest absolute Gasteiger partial charge is 0.466 e. The molecule has 0 saturated heterocycles. The molecular formula is C11H18O3S.